The van der Waals surface area contributed by atoms with Crippen molar-refractivity contribution in [3.63, 3.8) is 0 Å². The lowest BCUT2D eigenvalue weighted by Gasteiger charge is -2.18. The Kier molecular flexibility index (Phi) is 6.72. The predicted molar refractivity (Wildman–Crippen MR) is 105 cm³/mol. The molecule has 26 heavy (non-hydrogen) atoms. The van der Waals surface area contributed by atoms with Crippen LogP contribution in [0.3, 0.4) is 0 Å². The zero-order valence-electron chi connectivity index (χ0n) is 16.2. The van der Waals surface area contributed by atoms with Gasteiger partial charge in [0.2, 0.25) is 5.43 Å². The molecule has 2 aromatic rings. The van der Waals surface area contributed by atoms with Crippen molar-refractivity contribution in [2.45, 2.75) is 51.7 Å². The summed E-state index contributed by atoms with van der Waals surface area (Å²) in [6.45, 7) is 9.63. The number of aromatic nitrogens is 2. The molecular formula is C19H28N2O4Si. The molecular weight excluding hydrogens is 348 g/mol. The summed E-state index contributed by atoms with van der Waals surface area (Å²) in [6.07, 6.45) is 0.448. The van der Waals surface area contributed by atoms with Crippen LogP contribution in [-0.4, -0.2) is 37.5 Å². The van der Waals surface area contributed by atoms with E-state index in [2.05, 4.69) is 24.7 Å². The molecule has 6 nitrogen and oxygen atoms in total. The first-order valence-corrected chi connectivity index (χ1v) is 12.6. The van der Waals surface area contributed by atoms with Crippen LogP contribution in [0.25, 0.3) is 10.9 Å². The molecule has 0 saturated carbocycles. The third kappa shape index (κ3) is 4.79. The number of fused-ring (bicyclic) bond motifs is 1. The van der Waals surface area contributed by atoms with Gasteiger partial charge in [0, 0.05) is 20.1 Å². The predicted octanol–water partition coefficient (Wildman–Crippen LogP) is 3.38. The Balaban J connectivity index is 2.40. The van der Waals surface area contributed by atoms with Gasteiger partial charge in [-0.05, 0) is 24.6 Å². The monoisotopic (exact) mass is 376 g/mol. The second-order valence-electron chi connectivity index (χ2n) is 7.56. The number of methoxy groups -OCH3 is 1. The lowest BCUT2D eigenvalue weighted by Crippen LogP contribution is -2.27. The molecule has 0 amide bonds. The summed E-state index contributed by atoms with van der Waals surface area (Å²) in [4.78, 5) is 24.9. The average Bonchev–Trinajstić information content (AvgIpc) is 2.61. The van der Waals surface area contributed by atoms with Crippen molar-refractivity contribution < 1.29 is 14.3 Å². The van der Waals surface area contributed by atoms with Gasteiger partial charge in [-0.15, -0.1) is 0 Å². The minimum atomic E-state index is -1.18. The van der Waals surface area contributed by atoms with Crippen molar-refractivity contribution in [3.05, 3.63) is 40.2 Å². The van der Waals surface area contributed by atoms with Gasteiger partial charge in [-0.2, -0.15) is 5.10 Å². The highest BCUT2D eigenvalue weighted by molar-refractivity contribution is 6.76. The molecule has 0 spiro atoms. The van der Waals surface area contributed by atoms with Crippen LogP contribution in [0.4, 0.5) is 0 Å². The number of carbonyl (C=O) groups is 1. The molecule has 1 heterocycles. The van der Waals surface area contributed by atoms with Gasteiger partial charge < -0.3 is 9.47 Å². The number of nitrogens with zero attached hydrogens (tertiary/aromatic N) is 2. The van der Waals surface area contributed by atoms with Gasteiger partial charge in [0.05, 0.1) is 12.6 Å². The molecule has 1 atom stereocenters. The second-order valence-corrected chi connectivity index (χ2v) is 13.2. The molecule has 1 aromatic heterocycles. The van der Waals surface area contributed by atoms with E-state index in [0.29, 0.717) is 23.9 Å². The lowest BCUT2D eigenvalue weighted by atomic mass is 10.0. The molecule has 1 aromatic carbocycles. The van der Waals surface area contributed by atoms with E-state index in [1.807, 2.05) is 25.1 Å². The van der Waals surface area contributed by atoms with Crippen molar-refractivity contribution in [2.75, 3.05) is 13.7 Å². The summed E-state index contributed by atoms with van der Waals surface area (Å²) in [6, 6.07) is 8.32. The molecule has 1 unspecified atom stereocenters. The van der Waals surface area contributed by atoms with Crippen molar-refractivity contribution >= 4 is 24.9 Å². The van der Waals surface area contributed by atoms with E-state index in [1.54, 1.807) is 10.7 Å². The van der Waals surface area contributed by atoms with Crippen molar-refractivity contribution in [2.24, 2.45) is 0 Å². The second kappa shape index (κ2) is 8.59. The van der Waals surface area contributed by atoms with Crippen LogP contribution in [0.5, 0.6) is 0 Å². The van der Waals surface area contributed by atoms with E-state index >= 15 is 0 Å². The number of benzene rings is 1. The summed E-state index contributed by atoms with van der Waals surface area (Å²) in [7, 11) is 0.145. The van der Waals surface area contributed by atoms with Crippen LogP contribution in [0.15, 0.2) is 29.1 Å². The maximum atomic E-state index is 12.8. The number of hydrogen-bond donors (Lipinski definition) is 0. The van der Waals surface area contributed by atoms with E-state index in [-0.39, 0.29) is 17.9 Å². The number of para-hydroxylation sites is 1. The van der Waals surface area contributed by atoms with Gasteiger partial charge in [0.25, 0.3) is 0 Å². The van der Waals surface area contributed by atoms with Crippen LogP contribution in [0.2, 0.25) is 25.7 Å². The first-order valence-electron chi connectivity index (χ1n) is 8.94. The third-order valence-electron chi connectivity index (χ3n) is 4.32. The van der Waals surface area contributed by atoms with Gasteiger partial charge in [-0.25, -0.2) is 4.68 Å². The Morgan fingerprint density at radius 2 is 1.96 bits per heavy atom. The first kappa shape index (κ1) is 20.3. The molecule has 0 aliphatic rings. The fourth-order valence-corrected chi connectivity index (χ4v) is 3.48. The number of carbonyl (C=O) groups excluding carboxylic acids is 1. The number of hydrogen-bond acceptors (Lipinski definition) is 5. The molecule has 0 aliphatic carbocycles. The van der Waals surface area contributed by atoms with Gasteiger partial charge in [0.15, 0.2) is 0 Å². The topological polar surface area (TPSA) is 70.4 Å². The lowest BCUT2D eigenvalue weighted by molar-refractivity contribution is -0.142. The SMILES string of the molecule is CCC(C(=O)OC)c1nn(COCC[Si](C)(C)C)c2ccccc2c1=O. The Morgan fingerprint density at radius 3 is 2.58 bits per heavy atom. The summed E-state index contributed by atoms with van der Waals surface area (Å²) >= 11 is 0. The van der Waals surface area contributed by atoms with E-state index in [4.69, 9.17) is 9.47 Å². The normalized spacial score (nSPS) is 13.0. The fraction of sp³-hybridized carbons (Fsp3) is 0.526. The zero-order valence-corrected chi connectivity index (χ0v) is 17.2. The van der Waals surface area contributed by atoms with Crippen LogP contribution < -0.4 is 5.43 Å². The largest absolute Gasteiger partial charge is 0.469 e. The summed E-state index contributed by atoms with van der Waals surface area (Å²) in [5, 5.41) is 5.00. The fourth-order valence-electron chi connectivity index (χ4n) is 2.73. The molecule has 0 saturated heterocycles. The molecule has 0 bridgehead atoms. The van der Waals surface area contributed by atoms with Crippen LogP contribution in [0.1, 0.15) is 25.0 Å². The highest BCUT2D eigenvalue weighted by Gasteiger charge is 2.26. The Labute approximate surface area is 155 Å². The van der Waals surface area contributed by atoms with Crippen LogP contribution >= 0.6 is 0 Å². The number of ether oxygens (including phenoxy) is 2. The maximum absolute atomic E-state index is 12.8. The highest BCUT2D eigenvalue weighted by Crippen LogP contribution is 2.19. The van der Waals surface area contributed by atoms with Crippen LogP contribution in [-0.2, 0) is 21.0 Å². The molecule has 142 valence electrons. The molecule has 7 heteroatoms. The van der Waals surface area contributed by atoms with Crippen LogP contribution in [0, 0.1) is 0 Å². The quantitative estimate of drug-likeness (QED) is 0.401. The highest BCUT2D eigenvalue weighted by atomic mass is 28.3. The first-order chi connectivity index (χ1) is 12.3. The maximum Gasteiger partial charge on any atom is 0.314 e. The minimum Gasteiger partial charge on any atom is -0.469 e. The van der Waals surface area contributed by atoms with Gasteiger partial charge in [-0.1, -0.05) is 38.7 Å². The van der Waals surface area contributed by atoms with Crippen molar-refractivity contribution in [3.8, 4) is 0 Å². The van der Waals surface area contributed by atoms with Gasteiger partial charge in [0.1, 0.15) is 18.3 Å². The Morgan fingerprint density at radius 1 is 1.27 bits per heavy atom. The van der Waals surface area contributed by atoms with Gasteiger partial charge >= 0.3 is 5.97 Å². The molecule has 0 aliphatic heterocycles. The zero-order chi connectivity index (χ0) is 19.3. The number of esters is 1. The number of rotatable bonds is 8. The van der Waals surface area contributed by atoms with E-state index in [9.17, 15) is 9.59 Å². The standard InChI is InChI=1S/C19H28N2O4Si/c1-6-14(19(23)24-2)17-18(22)15-9-7-8-10-16(15)21(20-17)13-25-11-12-26(3,4)5/h7-10,14H,6,11-13H2,1-5H3. The Bertz CT molecular complexity index is 826. The smallest absolute Gasteiger partial charge is 0.314 e. The van der Waals surface area contributed by atoms with Gasteiger partial charge in [-0.3, -0.25) is 9.59 Å². The van der Waals surface area contributed by atoms with Crippen molar-refractivity contribution in [1.82, 2.24) is 9.78 Å². The average molecular weight is 377 g/mol. The molecule has 0 fully saturated rings. The van der Waals surface area contributed by atoms with E-state index in [1.165, 1.54) is 7.11 Å². The summed E-state index contributed by atoms with van der Waals surface area (Å²) in [5.41, 5.74) is 0.692. The summed E-state index contributed by atoms with van der Waals surface area (Å²) in [5.74, 6) is -1.12. The van der Waals surface area contributed by atoms with E-state index < -0.39 is 20.0 Å². The van der Waals surface area contributed by atoms with Crippen molar-refractivity contribution in [1.29, 1.82) is 0 Å². The molecule has 0 N–H and O–H groups in total. The molecule has 2 rings (SSSR count). The minimum absolute atomic E-state index is 0.215. The third-order valence-corrected chi connectivity index (χ3v) is 6.03. The van der Waals surface area contributed by atoms with E-state index in [0.717, 1.165) is 6.04 Å². The summed E-state index contributed by atoms with van der Waals surface area (Å²) < 4.78 is 12.3. The Hall–Kier alpha value is -1.99. The molecule has 0 radical (unpaired) electrons.